The third-order valence-corrected chi connectivity index (χ3v) is 4.74. The van der Waals surface area contributed by atoms with Crippen molar-refractivity contribution in [3.8, 4) is 11.5 Å². The molecule has 0 fully saturated rings. The molecule has 0 radical (unpaired) electrons. The third-order valence-electron chi connectivity index (χ3n) is 4.74. The molecule has 1 amide bonds. The van der Waals surface area contributed by atoms with E-state index in [1.807, 2.05) is 67.6 Å². The molecule has 0 atom stereocenters. The van der Waals surface area contributed by atoms with E-state index in [1.54, 1.807) is 18.7 Å². The number of nitrogens with one attached hydrogen (secondary N) is 2. The minimum Gasteiger partial charge on any atom is -0.455 e. The average Bonchev–Trinajstić information content (AvgIpc) is 2.79. The molecule has 7 nitrogen and oxygen atoms in total. The van der Waals surface area contributed by atoms with Crippen molar-refractivity contribution in [1.29, 1.82) is 0 Å². The molecule has 0 bridgehead atoms. The standard InChI is InChI=1S/C25H23N5O2/c1-17-13-20(8-10-24(17)32-21-6-4-11-26-15-21)30-25-22-14-19(5-3-12-27-18(2)31)7-9-23(22)28-16-29-25/h3-11,13-16H,12H2,1-2H3,(H,27,31)(H,28,29,30). The molecule has 0 saturated carbocycles. The fourth-order valence-corrected chi connectivity index (χ4v) is 3.19. The summed E-state index contributed by atoms with van der Waals surface area (Å²) in [5, 5.41) is 7.04. The minimum atomic E-state index is -0.0554. The van der Waals surface area contributed by atoms with E-state index in [0.717, 1.165) is 33.5 Å². The van der Waals surface area contributed by atoms with Gasteiger partial charge in [-0.05, 0) is 60.5 Å². The second-order valence-corrected chi connectivity index (χ2v) is 7.23. The Hall–Kier alpha value is -4.26. The van der Waals surface area contributed by atoms with Crippen molar-refractivity contribution in [2.75, 3.05) is 11.9 Å². The summed E-state index contributed by atoms with van der Waals surface area (Å²) < 4.78 is 5.91. The van der Waals surface area contributed by atoms with E-state index in [1.165, 1.54) is 6.92 Å². The van der Waals surface area contributed by atoms with Gasteiger partial charge in [0.05, 0.1) is 11.7 Å². The number of carbonyl (C=O) groups excluding carboxylic acids is 1. The average molecular weight is 425 g/mol. The number of nitrogens with zero attached hydrogens (tertiary/aromatic N) is 3. The van der Waals surface area contributed by atoms with Crippen molar-refractivity contribution in [2.24, 2.45) is 0 Å². The van der Waals surface area contributed by atoms with Gasteiger partial charge in [0.15, 0.2) is 0 Å². The summed E-state index contributed by atoms with van der Waals surface area (Å²) in [6.45, 7) is 3.97. The van der Waals surface area contributed by atoms with Crippen LogP contribution in [0.15, 0.2) is 73.3 Å². The van der Waals surface area contributed by atoms with E-state index in [4.69, 9.17) is 4.74 Å². The Morgan fingerprint density at radius 2 is 2.03 bits per heavy atom. The molecule has 0 aliphatic heterocycles. The molecule has 0 unspecified atom stereocenters. The Bertz CT molecular complexity index is 1270. The van der Waals surface area contributed by atoms with Gasteiger partial charge in [0.25, 0.3) is 0 Å². The van der Waals surface area contributed by atoms with Crippen LogP contribution in [0.5, 0.6) is 11.5 Å². The van der Waals surface area contributed by atoms with Crippen LogP contribution in [0, 0.1) is 6.92 Å². The van der Waals surface area contributed by atoms with Crippen LogP contribution in [0.25, 0.3) is 17.0 Å². The first kappa shape index (κ1) is 21.0. The normalized spacial score (nSPS) is 10.9. The molecule has 2 N–H and O–H groups in total. The Labute approximate surface area is 186 Å². The molecule has 4 aromatic rings. The van der Waals surface area contributed by atoms with Crippen LogP contribution in [-0.2, 0) is 4.79 Å². The lowest BCUT2D eigenvalue weighted by Crippen LogP contribution is -2.19. The number of pyridine rings is 1. The molecule has 2 aromatic carbocycles. The van der Waals surface area contributed by atoms with Crippen LogP contribution in [-0.4, -0.2) is 27.4 Å². The topological polar surface area (TPSA) is 89.0 Å². The Morgan fingerprint density at radius 1 is 1.12 bits per heavy atom. The molecule has 2 heterocycles. The summed E-state index contributed by atoms with van der Waals surface area (Å²) in [5.74, 6) is 2.12. The summed E-state index contributed by atoms with van der Waals surface area (Å²) in [7, 11) is 0. The van der Waals surface area contributed by atoms with Crippen LogP contribution in [0.3, 0.4) is 0 Å². The van der Waals surface area contributed by atoms with E-state index in [2.05, 4.69) is 25.6 Å². The molecule has 0 aliphatic carbocycles. The van der Waals surface area contributed by atoms with Crippen molar-refractivity contribution in [3.63, 3.8) is 0 Å². The largest absolute Gasteiger partial charge is 0.455 e. The van der Waals surface area contributed by atoms with E-state index in [0.29, 0.717) is 18.1 Å². The predicted octanol–water partition coefficient (Wildman–Crippen LogP) is 5.02. The number of rotatable bonds is 7. The zero-order valence-corrected chi connectivity index (χ0v) is 17.9. The smallest absolute Gasteiger partial charge is 0.217 e. The SMILES string of the molecule is CC(=O)NCC=Cc1ccc2ncnc(Nc3ccc(Oc4cccnc4)c(C)c3)c2c1. The van der Waals surface area contributed by atoms with Crippen molar-refractivity contribution < 1.29 is 9.53 Å². The second kappa shape index (κ2) is 9.70. The fraction of sp³-hybridized carbons (Fsp3) is 0.120. The number of aromatic nitrogens is 3. The highest BCUT2D eigenvalue weighted by atomic mass is 16.5. The highest BCUT2D eigenvalue weighted by molar-refractivity contribution is 5.92. The quantitative estimate of drug-likeness (QED) is 0.432. The number of fused-ring (bicyclic) bond motifs is 1. The zero-order chi connectivity index (χ0) is 22.3. The van der Waals surface area contributed by atoms with Gasteiger partial charge in [0.1, 0.15) is 23.6 Å². The summed E-state index contributed by atoms with van der Waals surface area (Å²) in [6.07, 6.45) is 8.80. The van der Waals surface area contributed by atoms with Crippen molar-refractivity contribution in [3.05, 3.63) is 84.5 Å². The van der Waals surface area contributed by atoms with Crippen molar-refractivity contribution >= 4 is 34.4 Å². The number of carbonyl (C=O) groups is 1. The molecule has 0 spiro atoms. The van der Waals surface area contributed by atoms with Gasteiger partial charge in [-0.3, -0.25) is 9.78 Å². The fourth-order valence-electron chi connectivity index (χ4n) is 3.19. The number of amides is 1. The van der Waals surface area contributed by atoms with Gasteiger partial charge in [-0.25, -0.2) is 9.97 Å². The molecule has 0 aliphatic rings. The molecule has 4 rings (SSSR count). The maximum absolute atomic E-state index is 11.0. The second-order valence-electron chi connectivity index (χ2n) is 7.23. The van der Waals surface area contributed by atoms with E-state index < -0.39 is 0 Å². The van der Waals surface area contributed by atoms with Crippen LogP contribution in [0.4, 0.5) is 11.5 Å². The van der Waals surface area contributed by atoms with Gasteiger partial charge in [-0.15, -0.1) is 0 Å². The summed E-state index contributed by atoms with van der Waals surface area (Å²) in [4.78, 5) is 23.9. The monoisotopic (exact) mass is 425 g/mol. The van der Waals surface area contributed by atoms with E-state index in [9.17, 15) is 4.79 Å². The van der Waals surface area contributed by atoms with Gasteiger partial charge in [0, 0.05) is 30.7 Å². The molecule has 2 aromatic heterocycles. The Balaban J connectivity index is 1.55. The first-order chi connectivity index (χ1) is 15.6. The van der Waals surface area contributed by atoms with Gasteiger partial charge in [0.2, 0.25) is 5.91 Å². The maximum atomic E-state index is 11.0. The number of anilines is 2. The van der Waals surface area contributed by atoms with Gasteiger partial charge >= 0.3 is 0 Å². The van der Waals surface area contributed by atoms with Crippen LogP contribution in [0.2, 0.25) is 0 Å². The lowest BCUT2D eigenvalue weighted by molar-refractivity contribution is -0.118. The molecule has 0 saturated heterocycles. The number of hydrogen-bond donors (Lipinski definition) is 2. The lowest BCUT2D eigenvalue weighted by Gasteiger charge is -2.12. The van der Waals surface area contributed by atoms with Crippen LogP contribution < -0.4 is 15.4 Å². The lowest BCUT2D eigenvalue weighted by atomic mass is 10.1. The van der Waals surface area contributed by atoms with E-state index in [-0.39, 0.29) is 5.91 Å². The maximum Gasteiger partial charge on any atom is 0.217 e. The van der Waals surface area contributed by atoms with Gasteiger partial charge in [-0.2, -0.15) is 0 Å². The van der Waals surface area contributed by atoms with Crippen molar-refractivity contribution in [1.82, 2.24) is 20.3 Å². The predicted molar refractivity (Wildman–Crippen MR) is 126 cm³/mol. The highest BCUT2D eigenvalue weighted by Gasteiger charge is 2.07. The molecule has 160 valence electrons. The number of aryl methyl sites for hydroxylation is 1. The molecule has 32 heavy (non-hydrogen) atoms. The van der Waals surface area contributed by atoms with E-state index >= 15 is 0 Å². The first-order valence-corrected chi connectivity index (χ1v) is 10.2. The van der Waals surface area contributed by atoms with Gasteiger partial charge in [-0.1, -0.05) is 18.2 Å². The highest BCUT2D eigenvalue weighted by Crippen LogP contribution is 2.29. The number of benzene rings is 2. The Morgan fingerprint density at radius 3 is 2.81 bits per heavy atom. The molecule has 7 heteroatoms. The zero-order valence-electron chi connectivity index (χ0n) is 17.9. The Kier molecular flexibility index (Phi) is 6.36. The molecular formula is C25H23N5O2. The summed E-state index contributed by atoms with van der Waals surface area (Å²) >= 11 is 0. The molecular weight excluding hydrogens is 402 g/mol. The number of ether oxygens (including phenoxy) is 1. The third kappa shape index (κ3) is 5.26. The van der Waals surface area contributed by atoms with Crippen molar-refractivity contribution in [2.45, 2.75) is 13.8 Å². The summed E-state index contributed by atoms with van der Waals surface area (Å²) in [5.41, 5.74) is 3.72. The van der Waals surface area contributed by atoms with Crippen LogP contribution >= 0.6 is 0 Å². The first-order valence-electron chi connectivity index (χ1n) is 10.2. The van der Waals surface area contributed by atoms with Crippen LogP contribution in [0.1, 0.15) is 18.1 Å². The number of hydrogen-bond acceptors (Lipinski definition) is 6. The minimum absolute atomic E-state index is 0.0554. The summed E-state index contributed by atoms with van der Waals surface area (Å²) in [6, 6.07) is 15.5. The van der Waals surface area contributed by atoms with Gasteiger partial charge < -0.3 is 15.4 Å².